The van der Waals surface area contributed by atoms with Crippen molar-refractivity contribution in [2.75, 3.05) is 11.9 Å². The smallest absolute Gasteiger partial charge is 0.341 e. The number of amides is 3. The van der Waals surface area contributed by atoms with Crippen LogP contribution >= 0.6 is 0 Å². The highest BCUT2D eigenvalue weighted by Gasteiger charge is 2.31. The summed E-state index contributed by atoms with van der Waals surface area (Å²) in [5.74, 6) is -1.04. The lowest BCUT2D eigenvalue weighted by Gasteiger charge is -2.28. The Morgan fingerprint density at radius 1 is 1.11 bits per heavy atom. The van der Waals surface area contributed by atoms with Crippen molar-refractivity contribution in [1.82, 2.24) is 10.6 Å². The first kappa shape index (κ1) is 19.0. The molecule has 1 aliphatic rings. The number of benzene rings is 2. The van der Waals surface area contributed by atoms with Gasteiger partial charge in [0.2, 0.25) is 0 Å². The number of ether oxygens (including phenoxy) is 1. The van der Waals surface area contributed by atoms with Crippen molar-refractivity contribution < 1.29 is 24.2 Å². The van der Waals surface area contributed by atoms with Gasteiger partial charge in [0.05, 0.1) is 11.6 Å². The molecule has 8 nitrogen and oxygen atoms in total. The van der Waals surface area contributed by atoms with E-state index in [0.29, 0.717) is 28.3 Å². The van der Waals surface area contributed by atoms with Crippen LogP contribution in [0.3, 0.4) is 0 Å². The maximum atomic E-state index is 12.9. The third kappa shape index (κ3) is 4.47. The Kier molecular flexibility index (Phi) is 5.59. The summed E-state index contributed by atoms with van der Waals surface area (Å²) in [6, 6.07) is 14.5. The van der Waals surface area contributed by atoms with E-state index in [1.54, 1.807) is 43.3 Å². The Labute approximate surface area is 161 Å². The number of nitrogens with one attached hydrogen (secondary N) is 3. The second kappa shape index (κ2) is 8.26. The van der Waals surface area contributed by atoms with Crippen molar-refractivity contribution in [3.05, 3.63) is 71.4 Å². The molecule has 1 atom stereocenters. The molecule has 0 bridgehead atoms. The van der Waals surface area contributed by atoms with E-state index in [9.17, 15) is 14.4 Å². The summed E-state index contributed by atoms with van der Waals surface area (Å²) in [7, 11) is 0. The molecule has 0 spiro atoms. The number of para-hydroxylation sites is 1. The van der Waals surface area contributed by atoms with E-state index < -0.39 is 24.6 Å². The van der Waals surface area contributed by atoms with Crippen LogP contribution < -0.4 is 20.7 Å². The summed E-state index contributed by atoms with van der Waals surface area (Å²) < 4.78 is 5.11. The molecular weight excluding hydrogens is 362 g/mol. The Morgan fingerprint density at radius 2 is 1.79 bits per heavy atom. The highest BCUT2D eigenvalue weighted by Crippen LogP contribution is 2.29. The number of carboxylic acids is 1. The van der Waals surface area contributed by atoms with E-state index in [4.69, 9.17) is 9.84 Å². The molecule has 0 aromatic heterocycles. The molecule has 0 fully saturated rings. The Hall–Kier alpha value is -3.81. The lowest BCUT2D eigenvalue weighted by atomic mass is 9.94. The summed E-state index contributed by atoms with van der Waals surface area (Å²) in [5, 5.41) is 16.9. The molecular formula is C20H19N3O5. The minimum absolute atomic E-state index is 0.340. The highest BCUT2D eigenvalue weighted by atomic mass is 16.5. The van der Waals surface area contributed by atoms with Crippen LogP contribution in [0.4, 0.5) is 10.5 Å². The molecule has 8 heteroatoms. The second-order valence-corrected chi connectivity index (χ2v) is 6.14. The van der Waals surface area contributed by atoms with Crippen LogP contribution in [0.5, 0.6) is 5.75 Å². The highest BCUT2D eigenvalue weighted by molar-refractivity contribution is 6.06. The molecule has 2 aromatic rings. The largest absolute Gasteiger partial charge is 0.482 e. The van der Waals surface area contributed by atoms with E-state index in [2.05, 4.69) is 16.0 Å². The van der Waals surface area contributed by atoms with Gasteiger partial charge in [0.15, 0.2) is 6.61 Å². The summed E-state index contributed by atoms with van der Waals surface area (Å²) in [5.41, 5.74) is 2.13. The number of hydrogen-bond donors (Lipinski definition) is 4. The minimum Gasteiger partial charge on any atom is -0.482 e. The molecule has 28 heavy (non-hydrogen) atoms. The first-order valence-electron chi connectivity index (χ1n) is 8.53. The van der Waals surface area contributed by atoms with Crippen molar-refractivity contribution in [3.63, 3.8) is 0 Å². The standard InChI is InChI=1S/C20H19N3O5/c1-12-17(19(26)22-14-5-3-2-4-6-14)18(23-20(27)21-12)13-7-9-15(10-8-13)28-11-16(24)25/h2-10,18H,11H2,1H3,(H,22,26)(H,24,25)(H2,21,23,27)/t18-/m1/s1. The van der Waals surface area contributed by atoms with Crippen molar-refractivity contribution >= 4 is 23.6 Å². The molecule has 0 saturated carbocycles. The fourth-order valence-corrected chi connectivity index (χ4v) is 2.87. The molecule has 4 N–H and O–H groups in total. The van der Waals surface area contributed by atoms with Gasteiger partial charge in [0.1, 0.15) is 5.75 Å². The molecule has 0 radical (unpaired) electrons. The van der Waals surface area contributed by atoms with Gasteiger partial charge in [0.25, 0.3) is 5.91 Å². The monoisotopic (exact) mass is 381 g/mol. The average Bonchev–Trinajstić information content (AvgIpc) is 2.66. The van der Waals surface area contributed by atoms with Gasteiger partial charge in [0, 0.05) is 11.4 Å². The molecule has 0 saturated heterocycles. The van der Waals surface area contributed by atoms with Crippen LogP contribution in [-0.2, 0) is 9.59 Å². The van der Waals surface area contributed by atoms with E-state index in [-0.39, 0.29) is 5.91 Å². The number of carboxylic acid groups (broad SMARTS) is 1. The lowest BCUT2D eigenvalue weighted by molar-refractivity contribution is -0.139. The number of hydrogen-bond acceptors (Lipinski definition) is 4. The second-order valence-electron chi connectivity index (χ2n) is 6.14. The van der Waals surface area contributed by atoms with Crippen LogP contribution in [0.25, 0.3) is 0 Å². The quantitative estimate of drug-likeness (QED) is 0.613. The van der Waals surface area contributed by atoms with E-state index >= 15 is 0 Å². The summed E-state index contributed by atoms with van der Waals surface area (Å²) in [6.07, 6.45) is 0. The molecule has 0 unspecified atom stereocenters. The van der Waals surface area contributed by atoms with Crippen molar-refractivity contribution in [3.8, 4) is 5.75 Å². The Bertz CT molecular complexity index is 923. The number of carbonyl (C=O) groups excluding carboxylic acids is 2. The van der Waals surface area contributed by atoms with Gasteiger partial charge in [-0.25, -0.2) is 9.59 Å². The van der Waals surface area contributed by atoms with Gasteiger partial charge in [-0.2, -0.15) is 0 Å². The molecule has 2 aromatic carbocycles. The maximum Gasteiger partial charge on any atom is 0.341 e. The van der Waals surface area contributed by atoms with Crippen LogP contribution in [-0.4, -0.2) is 29.6 Å². The van der Waals surface area contributed by atoms with Gasteiger partial charge >= 0.3 is 12.0 Å². The predicted molar refractivity (Wildman–Crippen MR) is 102 cm³/mol. The fourth-order valence-electron chi connectivity index (χ4n) is 2.87. The molecule has 1 heterocycles. The van der Waals surface area contributed by atoms with Gasteiger partial charge in [-0.15, -0.1) is 0 Å². The predicted octanol–water partition coefficient (Wildman–Crippen LogP) is 2.42. The zero-order valence-electron chi connectivity index (χ0n) is 15.1. The number of urea groups is 1. The van der Waals surface area contributed by atoms with Crippen molar-refractivity contribution in [1.29, 1.82) is 0 Å². The topological polar surface area (TPSA) is 117 Å². The minimum atomic E-state index is -1.08. The molecule has 3 rings (SSSR count). The molecule has 0 aliphatic carbocycles. The first-order valence-corrected chi connectivity index (χ1v) is 8.53. The van der Waals surface area contributed by atoms with Gasteiger partial charge in [-0.1, -0.05) is 30.3 Å². The van der Waals surface area contributed by atoms with Crippen LogP contribution in [0.1, 0.15) is 18.5 Å². The molecule has 3 amide bonds. The average molecular weight is 381 g/mol. The summed E-state index contributed by atoms with van der Waals surface area (Å²) in [6.45, 7) is 1.21. The Morgan fingerprint density at radius 3 is 2.43 bits per heavy atom. The number of allylic oxidation sites excluding steroid dienone is 1. The number of rotatable bonds is 6. The third-order valence-corrected chi connectivity index (χ3v) is 4.12. The first-order chi connectivity index (χ1) is 13.4. The number of anilines is 1. The van der Waals surface area contributed by atoms with Crippen LogP contribution in [0.15, 0.2) is 65.9 Å². The van der Waals surface area contributed by atoms with Gasteiger partial charge in [-0.05, 0) is 36.8 Å². The maximum absolute atomic E-state index is 12.9. The van der Waals surface area contributed by atoms with E-state index in [0.717, 1.165) is 0 Å². The number of carbonyl (C=O) groups is 3. The Balaban J connectivity index is 1.85. The zero-order valence-corrected chi connectivity index (χ0v) is 15.1. The summed E-state index contributed by atoms with van der Waals surface area (Å²) >= 11 is 0. The third-order valence-electron chi connectivity index (χ3n) is 4.12. The van der Waals surface area contributed by atoms with Gasteiger partial charge in [-0.3, -0.25) is 4.79 Å². The van der Waals surface area contributed by atoms with Crippen LogP contribution in [0.2, 0.25) is 0 Å². The van der Waals surface area contributed by atoms with Gasteiger partial charge < -0.3 is 25.8 Å². The SMILES string of the molecule is CC1=C(C(=O)Nc2ccccc2)[C@@H](c2ccc(OCC(=O)O)cc2)NC(=O)N1. The fraction of sp³-hybridized carbons (Fsp3) is 0.150. The molecule has 144 valence electrons. The van der Waals surface area contributed by atoms with Crippen molar-refractivity contribution in [2.24, 2.45) is 0 Å². The zero-order chi connectivity index (χ0) is 20.1. The van der Waals surface area contributed by atoms with E-state index in [1.165, 1.54) is 0 Å². The number of aliphatic carboxylic acids is 1. The normalized spacial score (nSPS) is 16.0. The van der Waals surface area contributed by atoms with Crippen LogP contribution in [0, 0.1) is 0 Å². The lowest BCUT2D eigenvalue weighted by Crippen LogP contribution is -2.45. The van der Waals surface area contributed by atoms with E-state index in [1.807, 2.05) is 18.2 Å². The molecule has 1 aliphatic heterocycles. The summed E-state index contributed by atoms with van der Waals surface area (Å²) in [4.78, 5) is 35.4. The van der Waals surface area contributed by atoms with Crippen molar-refractivity contribution in [2.45, 2.75) is 13.0 Å².